The Balaban J connectivity index is 3.49. The maximum absolute atomic E-state index is 12.5. The maximum atomic E-state index is 12.5. The van der Waals surface area contributed by atoms with Crippen LogP contribution in [0.15, 0.2) is 16.9 Å². The monoisotopic (exact) mass is 219 g/mol. The van der Waals surface area contributed by atoms with Crippen molar-refractivity contribution in [1.29, 1.82) is 0 Å². The van der Waals surface area contributed by atoms with E-state index in [9.17, 15) is 18.0 Å². The fraction of sp³-hybridized carbons (Fsp3) is 0.500. The number of pyridine rings is 1. The molecule has 1 aromatic heterocycles. The quantitative estimate of drug-likeness (QED) is 0.711. The number of rotatable bonds is 1. The van der Waals surface area contributed by atoms with Crippen molar-refractivity contribution in [3.05, 3.63) is 33.7 Å². The first-order valence-corrected chi connectivity index (χ1v) is 4.51. The number of halogens is 3. The molecule has 1 heterocycles. The van der Waals surface area contributed by atoms with Crippen LogP contribution in [0.25, 0.3) is 0 Å². The highest BCUT2D eigenvalue weighted by molar-refractivity contribution is 5.18. The Bertz CT molecular complexity index is 418. The van der Waals surface area contributed by atoms with Crippen LogP contribution in [-0.4, -0.2) is 4.57 Å². The first-order valence-electron chi connectivity index (χ1n) is 4.51. The number of alkyl halides is 3. The van der Waals surface area contributed by atoms with Gasteiger partial charge in [-0.1, -0.05) is 13.8 Å². The summed E-state index contributed by atoms with van der Waals surface area (Å²) in [5.41, 5.74) is -1.13. The van der Waals surface area contributed by atoms with Crippen LogP contribution >= 0.6 is 0 Å². The van der Waals surface area contributed by atoms with Crippen LogP contribution in [0.3, 0.4) is 0 Å². The predicted octanol–water partition coefficient (Wildman–Crippen LogP) is 2.53. The molecule has 1 rings (SSSR count). The van der Waals surface area contributed by atoms with E-state index in [4.69, 9.17) is 0 Å². The van der Waals surface area contributed by atoms with Gasteiger partial charge in [0.15, 0.2) is 5.43 Å². The minimum Gasteiger partial charge on any atom is -0.344 e. The molecule has 0 fully saturated rings. The molecule has 0 saturated heterocycles. The van der Waals surface area contributed by atoms with E-state index in [0.717, 1.165) is 4.57 Å². The zero-order valence-electron chi connectivity index (χ0n) is 8.72. The maximum Gasteiger partial charge on any atom is 0.431 e. The van der Waals surface area contributed by atoms with Gasteiger partial charge in [0, 0.05) is 24.9 Å². The minimum atomic E-state index is -4.49. The van der Waals surface area contributed by atoms with Gasteiger partial charge in [-0.3, -0.25) is 4.79 Å². The second-order valence-electron chi connectivity index (χ2n) is 3.71. The molecule has 0 bridgehead atoms. The highest BCUT2D eigenvalue weighted by Gasteiger charge is 2.34. The van der Waals surface area contributed by atoms with E-state index in [2.05, 4.69) is 0 Å². The lowest BCUT2D eigenvalue weighted by atomic mass is 10.1. The van der Waals surface area contributed by atoms with Gasteiger partial charge in [-0.2, -0.15) is 13.2 Å². The van der Waals surface area contributed by atoms with Gasteiger partial charge in [0.2, 0.25) is 0 Å². The molecule has 0 amide bonds. The molecule has 84 valence electrons. The molecule has 0 aliphatic carbocycles. The average molecular weight is 219 g/mol. The van der Waals surface area contributed by atoms with Gasteiger partial charge in [0.25, 0.3) is 0 Å². The molecule has 0 spiro atoms. The predicted molar refractivity (Wildman–Crippen MR) is 50.8 cm³/mol. The third-order valence-corrected chi connectivity index (χ3v) is 2.20. The second kappa shape index (κ2) is 3.72. The third-order valence-electron chi connectivity index (χ3n) is 2.20. The van der Waals surface area contributed by atoms with Gasteiger partial charge in [0.1, 0.15) is 5.69 Å². The Morgan fingerprint density at radius 2 is 1.80 bits per heavy atom. The number of nitrogens with zero attached hydrogens (tertiary/aromatic N) is 1. The summed E-state index contributed by atoms with van der Waals surface area (Å²) in [6.07, 6.45) is -4.49. The molecule has 5 heteroatoms. The number of hydrogen-bond donors (Lipinski definition) is 0. The second-order valence-corrected chi connectivity index (χ2v) is 3.71. The van der Waals surface area contributed by atoms with Crippen molar-refractivity contribution in [2.24, 2.45) is 7.05 Å². The van der Waals surface area contributed by atoms with Crippen LogP contribution in [0.1, 0.15) is 31.2 Å². The lowest BCUT2D eigenvalue weighted by molar-refractivity contribution is -0.143. The Labute approximate surface area is 85.3 Å². The van der Waals surface area contributed by atoms with Crippen molar-refractivity contribution in [3.63, 3.8) is 0 Å². The van der Waals surface area contributed by atoms with Gasteiger partial charge in [0.05, 0.1) is 0 Å². The van der Waals surface area contributed by atoms with E-state index in [1.54, 1.807) is 13.8 Å². The zero-order valence-corrected chi connectivity index (χ0v) is 8.72. The third kappa shape index (κ3) is 2.40. The van der Waals surface area contributed by atoms with Crippen LogP contribution in [0.5, 0.6) is 0 Å². The lowest BCUT2D eigenvalue weighted by Crippen LogP contribution is -2.21. The Morgan fingerprint density at radius 3 is 2.20 bits per heavy atom. The smallest absolute Gasteiger partial charge is 0.344 e. The molecule has 15 heavy (non-hydrogen) atoms. The molecular weight excluding hydrogens is 207 g/mol. The van der Waals surface area contributed by atoms with Crippen molar-refractivity contribution in [3.8, 4) is 0 Å². The molecular formula is C10H12F3NO. The van der Waals surface area contributed by atoms with E-state index in [1.165, 1.54) is 13.1 Å². The molecule has 1 aromatic rings. The van der Waals surface area contributed by atoms with Crippen molar-refractivity contribution in [2.75, 3.05) is 0 Å². The summed E-state index contributed by atoms with van der Waals surface area (Å²) in [5, 5.41) is 0. The fourth-order valence-electron chi connectivity index (χ4n) is 1.48. The molecule has 0 atom stereocenters. The largest absolute Gasteiger partial charge is 0.431 e. The van der Waals surface area contributed by atoms with E-state index in [1.807, 2.05) is 0 Å². The Morgan fingerprint density at radius 1 is 1.27 bits per heavy atom. The van der Waals surface area contributed by atoms with Crippen molar-refractivity contribution >= 4 is 0 Å². The summed E-state index contributed by atoms with van der Waals surface area (Å²) in [4.78, 5) is 11.1. The van der Waals surface area contributed by atoms with Crippen molar-refractivity contribution < 1.29 is 13.2 Å². The van der Waals surface area contributed by atoms with Crippen molar-refractivity contribution in [1.82, 2.24) is 4.57 Å². The summed E-state index contributed by atoms with van der Waals surface area (Å²) in [6, 6.07) is 1.85. The van der Waals surface area contributed by atoms with E-state index in [-0.39, 0.29) is 5.92 Å². The number of hydrogen-bond acceptors (Lipinski definition) is 1. The summed E-state index contributed by atoms with van der Waals surface area (Å²) in [7, 11) is 1.32. The van der Waals surface area contributed by atoms with E-state index in [0.29, 0.717) is 11.8 Å². The molecule has 0 aliphatic rings. The normalized spacial score (nSPS) is 12.2. The summed E-state index contributed by atoms with van der Waals surface area (Å²) < 4.78 is 38.6. The molecule has 2 nitrogen and oxygen atoms in total. The molecule has 0 aliphatic heterocycles. The average Bonchev–Trinajstić information content (AvgIpc) is 2.06. The highest BCUT2D eigenvalue weighted by Crippen LogP contribution is 2.29. The first-order chi connectivity index (χ1) is 6.73. The molecule has 0 radical (unpaired) electrons. The van der Waals surface area contributed by atoms with Gasteiger partial charge < -0.3 is 4.57 Å². The van der Waals surface area contributed by atoms with Crippen LogP contribution in [0.2, 0.25) is 0 Å². The van der Waals surface area contributed by atoms with Gasteiger partial charge in [-0.05, 0) is 5.92 Å². The fourth-order valence-corrected chi connectivity index (χ4v) is 1.48. The minimum absolute atomic E-state index is 0.120. The topological polar surface area (TPSA) is 22.0 Å². The van der Waals surface area contributed by atoms with E-state index < -0.39 is 17.3 Å². The molecule has 0 unspecified atom stereocenters. The van der Waals surface area contributed by atoms with E-state index >= 15 is 0 Å². The molecule has 0 N–H and O–H groups in total. The highest BCUT2D eigenvalue weighted by atomic mass is 19.4. The van der Waals surface area contributed by atoms with Gasteiger partial charge in [-0.15, -0.1) is 0 Å². The summed E-state index contributed by atoms with van der Waals surface area (Å²) >= 11 is 0. The van der Waals surface area contributed by atoms with Gasteiger partial charge >= 0.3 is 6.18 Å². The van der Waals surface area contributed by atoms with Gasteiger partial charge in [-0.25, -0.2) is 0 Å². The molecule has 0 saturated carbocycles. The number of aromatic nitrogens is 1. The van der Waals surface area contributed by atoms with Crippen LogP contribution < -0.4 is 5.43 Å². The standard InChI is InChI=1S/C10H12F3NO/c1-6(2)8-4-7(15)5-9(14(8)3)10(11,12)13/h4-6H,1-3H3. The summed E-state index contributed by atoms with van der Waals surface area (Å²) in [5.74, 6) is -0.120. The van der Waals surface area contributed by atoms with Crippen LogP contribution in [-0.2, 0) is 13.2 Å². The zero-order chi connectivity index (χ0) is 11.8. The van der Waals surface area contributed by atoms with Crippen molar-refractivity contribution in [2.45, 2.75) is 25.9 Å². The lowest BCUT2D eigenvalue weighted by Gasteiger charge is -2.18. The first kappa shape index (κ1) is 11.8. The Hall–Kier alpha value is -1.26. The van der Waals surface area contributed by atoms with Crippen LogP contribution in [0, 0.1) is 0 Å². The van der Waals surface area contributed by atoms with Crippen LogP contribution in [0.4, 0.5) is 13.2 Å². The Kier molecular flexibility index (Phi) is 2.93. The summed E-state index contributed by atoms with van der Waals surface area (Å²) in [6.45, 7) is 3.49. The molecule has 0 aromatic carbocycles. The SMILES string of the molecule is CC(C)c1cc(=O)cc(C(F)(F)F)n1C.